The largest absolute Gasteiger partial charge is 0.744 e. The maximum absolute atomic E-state index is 10.9. The lowest BCUT2D eigenvalue weighted by molar-refractivity contribution is -0.400. The Hall–Kier alpha value is -2.07. The second-order valence-electron chi connectivity index (χ2n) is 3.05. The molecular weight excluding hydrogens is 256 g/mol. The van der Waals surface area contributed by atoms with Gasteiger partial charge in [-0.05, 0) is 13.0 Å². The van der Waals surface area contributed by atoms with E-state index in [1.165, 1.54) is 6.92 Å². The summed E-state index contributed by atoms with van der Waals surface area (Å²) in [6.45, 7) is 1.18. The van der Waals surface area contributed by atoms with Crippen LogP contribution in [0.3, 0.4) is 0 Å². The molecular formula is C7H5N2O7S-. The van der Waals surface area contributed by atoms with Crippen LogP contribution in [0.4, 0.5) is 11.4 Å². The van der Waals surface area contributed by atoms with E-state index in [0.717, 1.165) is 12.1 Å². The maximum Gasteiger partial charge on any atom is 0.296 e. The van der Waals surface area contributed by atoms with Gasteiger partial charge in [-0.3, -0.25) is 20.2 Å². The molecule has 10 heteroatoms. The van der Waals surface area contributed by atoms with Crippen LogP contribution in [-0.4, -0.2) is 22.8 Å². The monoisotopic (exact) mass is 261 g/mol. The standard InChI is InChI=1S/C7H6N2O7S/c1-4-2-3-5(8(10)11)7(17(14,15)16)6(4)9(12)13/h2-3H,1H3,(H,14,15,16)/p-1. The molecule has 1 aromatic rings. The van der Waals surface area contributed by atoms with Crippen LogP contribution in [0.15, 0.2) is 17.0 Å². The molecule has 0 aromatic heterocycles. The van der Waals surface area contributed by atoms with Crippen molar-refractivity contribution in [2.24, 2.45) is 0 Å². The van der Waals surface area contributed by atoms with Gasteiger partial charge >= 0.3 is 0 Å². The third-order valence-corrected chi connectivity index (χ3v) is 2.84. The second kappa shape index (κ2) is 4.07. The van der Waals surface area contributed by atoms with Crippen LogP contribution in [0.2, 0.25) is 0 Å². The summed E-state index contributed by atoms with van der Waals surface area (Å²) in [4.78, 5) is 17.5. The topological polar surface area (TPSA) is 143 Å². The molecule has 0 saturated carbocycles. The molecule has 0 unspecified atom stereocenters. The van der Waals surface area contributed by atoms with E-state index in [0.29, 0.717) is 0 Å². The summed E-state index contributed by atoms with van der Waals surface area (Å²) < 4.78 is 32.6. The number of nitrogens with zero attached hydrogens (tertiary/aromatic N) is 2. The van der Waals surface area contributed by atoms with Gasteiger partial charge in [-0.25, -0.2) is 8.42 Å². The van der Waals surface area contributed by atoms with Crippen molar-refractivity contribution in [3.63, 3.8) is 0 Å². The van der Waals surface area contributed by atoms with Crippen molar-refractivity contribution in [3.8, 4) is 0 Å². The first-order chi connectivity index (χ1) is 7.66. The molecule has 0 amide bonds. The third kappa shape index (κ3) is 2.37. The number of hydrogen-bond acceptors (Lipinski definition) is 7. The van der Waals surface area contributed by atoms with Crippen molar-refractivity contribution in [1.82, 2.24) is 0 Å². The third-order valence-electron chi connectivity index (χ3n) is 1.94. The van der Waals surface area contributed by atoms with Crippen LogP contribution in [-0.2, 0) is 10.1 Å². The van der Waals surface area contributed by atoms with Gasteiger partial charge in [0.15, 0.2) is 0 Å². The zero-order valence-electron chi connectivity index (χ0n) is 8.32. The van der Waals surface area contributed by atoms with Crippen molar-refractivity contribution in [3.05, 3.63) is 37.9 Å². The lowest BCUT2D eigenvalue weighted by Gasteiger charge is -2.09. The average molecular weight is 261 g/mol. The van der Waals surface area contributed by atoms with E-state index in [-0.39, 0.29) is 5.56 Å². The minimum Gasteiger partial charge on any atom is -0.744 e. The summed E-state index contributed by atoms with van der Waals surface area (Å²) in [6, 6.07) is 1.75. The number of nitro groups is 2. The Balaban J connectivity index is 3.88. The Morgan fingerprint density at radius 3 is 2.00 bits per heavy atom. The molecule has 17 heavy (non-hydrogen) atoms. The van der Waals surface area contributed by atoms with Gasteiger partial charge in [0.25, 0.3) is 11.4 Å². The summed E-state index contributed by atoms with van der Waals surface area (Å²) in [6.07, 6.45) is 0. The van der Waals surface area contributed by atoms with Gasteiger partial charge < -0.3 is 4.55 Å². The molecule has 0 saturated heterocycles. The molecule has 0 aliphatic rings. The van der Waals surface area contributed by atoms with Crippen molar-refractivity contribution >= 4 is 21.5 Å². The molecule has 0 N–H and O–H groups in total. The Kier molecular flexibility index (Phi) is 3.11. The molecule has 0 fully saturated rings. The van der Waals surface area contributed by atoms with Crippen molar-refractivity contribution in [1.29, 1.82) is 0 Å². The zero-order chi connectivity index (χ0) is 13.4. The summed E-state index contributed by atoms with van der Waals surface area (Å²) in [5, 5.41) is 21.2. The lowest BCUT2D eigenvalue weighted by Crippen LogP contribution is -2.08. The SMILES string of the molecule is Cc1ccc([N+](=O)[O-])c(S(=O)(=O)[O-])c1[N+](=O)[O-]. The zero-order valence-corrected chi connectivity index (χ0v) is 9.13. The molecule has 0 spiro atoms. The van der Waals surface area contributed by atoms with E-state index < -0.39 is 36.2 Å². The molecule has 1 rings (SSSR count). The van der Waals surface area contributed by atoms with Crippen LogP contribution in [0.1, 0.15) is 5.56 Å². The highest BCUT2D eigenvalue weighted by molar-refractivity contribution is 7.86. The predicted molar refractivity (Wildman–Crippen MR) is 52.5 cm³/mol. The summed E-state index contributed by atoms with van der Waals surface area (Å²) in [5.41, 5.74) is -2.30. The Bertz CT molecular complexity index is 607. The minimum atomic E-state index is -5.31. The number of benzene rings is 1. The van der Waals surface area contributed by atoms with Crippen LogP contribution in [0.25, 0.3) is 0 Å². The van der Waals surface area contributed by atoms with E-state index in [2.05, 4.69) is 0 Å². The molecule has 0 radical (unpaired) electrons. The number of rotatable bonds is 3. The van der Waals surface area contributed by atoms with Gasteiger partial charge in [0, 0.05) is 11.6 Å². The van der Waals surface area contributed by atoms with Crippen molar-refractivity contribution in [2.45, 2.75) is 11.8 Å². The van der Waals surface area contributed by atoms with E-state index in [4.69, 9.17) is 0 Å². The molecule has 0 bridgehead atoms. The average Bonchev–Trinajstić information content (AvgIpc) is 2.14. The molecule has 0 aliphatic heterocycles. The predicted octanol–water partition coefficient (Wildman–Crippen LogP) is 0.716. The molecule has 92 valence electrons. The Labute approximate surface area is 94.7 Å². The fourth-order valence-electron chi connectivity index (χ4n) is 1.28. The van der Waals surface area contributed by atoms with Crippen LogP contribution >= 0.6 is 0 Å². The van der Waals surface area contributed by atoms with Gasteiger partial charge in [-0.2, -0.15) is 0 Å². The highest BCUT2D eigenvalue weighted by Crippen LogP contribution is 2.35. The number of nitro benzene ring substituents is 2. The van der Waals surface area contributed by atoms with E-state index in [9.17, 15) is 33.2 Å². The van der Waals surface area contributed by atoms with Gasteiger partial charge in [-0.15, -0.1) is 0 Å². The fraction of sp³-hybridized carbons (Fsp3) is 0.143. The van der Waals surface area contributed by atoms with Crippen LogP contribution < -0.4 is 0 Å². The first kappa shape index (κ1) is 13.0. The molecule has 0 atom stereocenters. The van der Waals surface area contributed by atoms with Crippen LogP contribution in [0.5, 0.6) is 0 Å². The van der Waals surface area contributed by atoms with Crippen molar-refractivity contribution < 1.29 is 22.8 Å². The Morgan fingerprint density at radius 2 is 1.65 bits per heavy atom. The first-order valence-electron chi connectivity index (χ1n) is 4.04. The van der Waals surface area contributed by atoms with Gasteiger partial charge in [0.05, 0.1) is 9.85 Å². The fourth-order valence-corrected chi connectivity index (χ4v) is 2.15. The Morgan fingerprint density at radius 1 is 1.12 bits per heavy atom. The van der Waals surface area contributed by atoms with Gasteiger partial charge in [0.1, 0.15) is 10.1 Å². The summed E-state index contributed by atoms with van der Waals surface area (Å²) in [7, 11) is -5.31. The van der Waals surface area contributed by atoms with E-state index >= 15 is 0 Å². The number of hydrogen-bond donors (Lipinski definition) is 0. The quantitative estimate of drug-likeness (QED) is 0.442. The smallest absolute Gasteiger partial charge is 0.296 e. The van der Waals surface area contributed by atoms with E-state index in [1.54, 1.807) is 0 Å². The van der Waals surface area contributed by atoms with E-state index in [1.807, 2.05) is 0 Å². The van der Waals surface area contributed by atoms with Crippen molar-refractivity contribution in [2.75, 3.05) is 0 Å². The van der Waals surface area contributed by atoms with Crippen LogP contribution in [0, 0.1) is 27.2 Å². The summed E-state index contributed by atoms with van der Waals surface area (Å²) in [5.74, 6) is 0. The summed E-state index contributed by atoms with van der Waals surface area (Å²) >= 11 is 0. The molecule has 0 aliphatic carbocycles. The first-order valence-corrected chi connectivity index (χ1v) is 5.45. The maximum atomic E-state index is 10.9. The number of aryl methyl sites for hydroxylation is 1. The molecule has 9 nitrogen and oxygen atoms in total. The molecule has 1 aromatic carbocycles. The van der Waals surface area contributed by atoms with Gasteiger partial charge in [-0.1, -0.05) is 0 Å². The second-order valence-corrected chi connectivity index (χ2v) is 4.36. The normalized spacial score (nSPS) is 11.2. The highest BCUT2D eigenvalue weighted by Gasteiger charge is 2.31. The lowest BCUT2D eigenvalue weighted by atomic mass is 10.2. The minimum absolute atomic E-state index is 0.143. The van der Waals surface area contributed by atoms with Gasteiger partial charge in [0.2, 0.25) is 4.90 Å². The molecule has 0 heterocycles. The highest BCUT2D eigenvalue weighted by atomic mass is 32.2.